The predicted molar refractivity (Wildman–Crippen MR) is 140 cm³/mol. The minimum absolute atomic E-state index is 0.0954. The van der Waals surface area contributed by atoms with Gasteiger partial charge in [-0.2, -0.15) is 0 Å². The van der Waals surface area contributed by atoms with Gasteiger partial charge >= 0.3 is 23.9 Å². The Morgan fingerprint density at radius 2 is 1.00 bits per heavy atom. The second kappa shape index (κ2) is 8.41. The van der Waals surface area contributed by atoms with E-state index in [1.165, 1.54) is 13.8 Å². The van der Waals surface area contributed by atoms with Crippen LogP contribution in [-0.4, -0.2) is 49.3 Å². The topological polar surface area (TPSA) is 105 Å². The van der Waals surface area contributed by atoms with Gasteiger partial charge in [0.1, 0.15) is 0 Å². The molecule has 0 spiro atoms. The van der Waals surface area contributed by atoms with Crippen molar-refractivity contribution in [2.45, 2.75) is 63.6 Å². The number of hydrogen-bond donors (Lipinski definition) is 0. The van der Waals surface area contributed by atoms with Crippen molar-refractivity contribution in [3.05, 3.63) is 70.8 Å². The first kappa shape index (κ1) is 25.3. The number of benzene rings is 2. The number of carbonyl (C=O) groups is 4. The van der Waals surface area contributed by atoms with Gasteiger partial charge in [-0.3, -0.25) is 9.59 Å². The summed E-state index contributed by atoms with van der Waals surface area (Å²) < 4.78 is 21.9. The number of carbonyl (C=O) groups excluding carboxylic acids is 4. The highest BCUT2D eigenvalue weighted by atomic mass is 16.6. The second-order valence-corrected chi connectivity index (χ2v) is 11.7. The first-order valence-corrected chi connectivity index (χ1v) is 14.2. The summed E-state index contributed by atoms with van der Waals surface area (Å²) in [5, 5.41) is 0. The molecule has 0 aromatic heterocycles. The SMILES string of the molecule is CCOC(=O)C(C)OC(=O)C12C3c4ccccc4C4C5c6ccccc6C3C1C5(C(=O)O[C@@H](C)C(=O)OCC)C42. The summed E-state index contributed by atoms with van der Waals surface area (Å²) in [6.07, 6.45) is -2.13. The average Bonchev–Trinajstić information content (AvgIpc) is 2.89. The molecule has 5 aliphatic rings. The van der Waals surface area contributed by atoms with E-state index < -0.39 is 46.9 Å². The Morgan fingerprint density at radius 1 is 0.650 bits per heavy atom. The van der Waals surface area contributed by atoms with E-state index in [4.69, 9.17) is 18.9 Å². The molecule has 40 heavy (non-hydrogen) atoms. The molecule has 0 saturated heterocycles. The highest BCUT2D eigenvalue weighted by molar-refractivity contribution is 5.98. The van der Waals surface area contributed by atoms with Crippen molar-refractivity contribution in [2.75, 3.05) is 13.2 Å². The van der Waals surface area contributed by atoms with Crippen LogP contribution >= 0.6 is 0 Å². The highest BCUT2D eigenvalue weighted by Crippen LogP contribution is 2.98. The molecule has 9 unspecified atom stereocenters. The number of hydrogen-bond acceptors (Lipinski definition) is 8. The molecular weight excluding hydrogens is 512 g/mol. The summed E-state index contributed by atoms with van der Waals surface area (Å²) in [5.74, 6) is -3.39. The maximum absolute atomic E-state index is 14.2. The average molecular weight is 545 g/mol. The van der Waals surface area contributed by atoms with Crippen molar-refractivity contribution in [2.24, 2.45) is 22.7 Å². The summed E-state index contributed by atoms with van der Waals surface area (Å²) in [7, 11) is 0. The van der Waals surface area contributed by atoms with Crippen LogP contribution in [0.4, 0.5) is 0 Å². The molecular formula is C32H32O8. The van der Waals surface area contributed by atoms with E-state index in [2.05, 4.69) is 24.3 Å². The summed E-state index contributed by atoms with van der Waals surface area (Å²) in [5.41, 5.74) is 2.63. The zero-order chi connectivity index (χ0) is 28.1. The van der Waals surface area contributed by atoms with Crippen LogP contribution in [-0.2, 0) is 38.1 Å². The number of rotatable bonds is 8. The van der Waals surface area contributed by atoms with Gasteiger partial charge in [0.2, 0.25) is 0 Å². The summed E-state index contributed by atoms with van der Waals surface area (Å²) in [6, 6.07) is 16.4. The maximum atomic E-state index is 14.2. The van der Waals surface area contributed by atoms with E-state index in [1.54, 1.807) is 13.8 Å². The van der Waals surface area contributed by atoms with Crippen LogP contribution < -0.4 is 0 Å². The third kappa shape index (κ3) is 2.63. The van der Waals surface area contributed by atoms with Crippen molar-refractivity contribution in [1.82, 2.24) is 0 Å². The molecule has 8 heteroatoms. The molecule has 0 radical (unpaired) electrons. The molecule has 8 nitrogen and oxygen atoms in total. The van der Waals surface area contributed by atoms with Crippen LogP contribution in [0.25, 0.3) is 0 Å². The molecule has 5 aliphatic carbocycles. The number of fused-ring (bicyclic) bond motifs is 8. The van der Waals surface area contributed by atoms with E-state index in [9.17, 15) is 19.2 Å². The van der Waals surface area contributed by atoms with Crippen molar-refractivity contribution in [3.8, 4) is 0 Å². The Hall–Kier alpha value is -3.68. The van der Waals surface area contributed by atoms with Gasteiger partial charge in [0.15, 0.2) is 12.2 Å². The molecule has 7 rings (SSSR count). The van der Waals surface area contributed by atoms with Gasteiger partial charge in [-0.1, -0.05) is 48.5 Å². The summed E-state index contributed by atoms with van der Waals surface area (Å²) in [4.78, 5) is 53.3. The molecule has 0 heterocycles. The lowest BCUT2D eigenvalue weighted by Gasteiger charge is -2.90. The molecule has 208 valence electrons. The normalized spacial score (nSPS) is 35.6. The van der Waals surface area contributed by atoms with Gasteiger partial charge in [0, 0.05) is 23.7 Å². The first-order valence-electron chi connectivity index (χ1n) is 14.2. The minimum Gasteiger partial charge on any atom is -0.463 e. The van der Waals surface area contributed by atoms with Gasteiger partial charge < -0.3 is 18.9 Å². The fourth-order valence-corrected chi connectivity index (χ4v) is 9.50. The third-order valence-electron chi connectivity index (χ3n) is 10.4. The van der Waals surface area contributed by atoms with Crippen LogP contribution in [0, 0.1) is 22.7 Å². The zero-order valence-electron chi connectivity index (χ0n) is 22.9. The Balaban J connectivity index is 1.36. The summed E-state index contributed by atoms with van der Waals surface area (Å²) in [6.45, 7) is 6.82. The Morgan fingerprint density at radius 3 is 1.35 bits per heavy atom. The van der Waals surface area contributed by atoms with Crippen molar-refractivity contribution in [1.29, 1.82) is 0 Å². The Bertz CT molecular complexity index is 1340. The van der Waals surface area contributed by atoms with Gasteiger partial charge in [-0.25, -0.2) is 9.59 Å². The lowest BCUT2D eigenvalue weighted by Crippen LogP contribution is -2.91. The molecule has 0 amide bonds. The smallest absolute Gasteiger partial charge is 0.347 e. The Kier molecular flexibility index (Phi) is 5.32. The first-order chi connectivity index (χ1) is 19.3. The van der Waals surface area contributed by atoms with Crippen molar-refractivity contribution >= 4 is 23.9 Å². The molecule has 2 aromatic rings. The van der Waals surface area contributed by atoms with Gasteiger partial charge in [-0.15, -0.1) is 0 Å². The quantitative estimate of drug-likeness (QED) is 0.363. The van der Waals surface area contributed by atoms with Crippen LogP contribution in [0.15, 0.2) is 48.5 Å². The van der Waals surface area contributed by atoms with Crippen LogP contribution in [0.1, 0.15) is 73.6 Å². The lowest BCUT2D eigenvalue weighted by atomic mass is 9.09. The molecule has 10 atom stereocenters. The molecule has 0 N–H and O–H groups in total. The van der Waals surface area contributed by atoms with Crippen LogP contribution in [0.5, 0.6) is 0 Å². The minimum atomic E-state index is -1.06. The predicted octanol–water partition coefficient (Wildman–Crippen LogP) is 3.98. The van der Waals surface area contributed by atoms with E-state index in [1.807, 2.05) is 24.3 Å². The van der Waals surface area contributed by atoms with Crippen LogP contribution in [0.2, 0.25) is 0 Å². The zero-order valence-corrected chi connectivity index (χ0v) is 22.9. The van der Waals surface area contributed by atoms with E-state index >= 15 is 0 Å². The van der Waals surface area contributed by atoms with Crippen molar-refractivity contribution in [3.63, 3.8) is 0 Å². The fraction of sp³-hybridized carbons (Fsp3) is 0.500. The summed E-state index contributed by atoms with van der Waals surface area (Å²) >= 11 is 0. The molecule has 0 bridgehead atoms. The van der Waals surface area contributed by atoms with Crippen LogP contribution in [0.3, 0.4) is 0 Å². The molecule has 2 aromatic carbocycles. The molecule has 3 saturated carbocycles. The standard InChI is InChI=1S/C32H32O8/c1-5-37-27(33)15(3)39-29(35)31-23-19-13-9-7-11-17(19)22-24-20-14-10-8-12-18(20)21(23)25(31)32(24,26(22)31)30(36)40-16(4)28(34)38-6-2/h7-16,21-26H,5-6H2,1-4H3/t15-,16?,21?,22?,23?,24?,25?,26?,31?,32?/m0/s1. The second-order valence-electron chi connectivity index (χ2n) is 11.7. The van der Waals surface area contributed by atoms with Crippen molar-refractivity contribution < 1.29 is 38.1 Å². The maximum Gasteiger partial charge on any atom is 0.347 e. The molecule has 0 aliphatic heterocycles. The van der Waals surface area contributed by atoms with Gasteiger partial charge in [0.05, 0.1) is 24.0 Å². The number of esters is 4. The monoisotopic (exact) mass is 544 g/mol. The lowest BCUT2D eigenvalue weighted by molar-refractivity contribution is -0.362. The number of ether oxygens (including phenoxy) is 4. The molecule has 3 fully saturated rings. The van der Waals surface area contributed by atoms with Gasteiger partial charge in [0.25, 0.3) is 0 Å². The highest BCUT2D eigenvalue weighted by Gasteiger charge is 2.99. The van der Waals surface area contributed by atoms with E-state index in [0.717, 1.165) is 22.3 Å². The van der Waals surface area contributed by atoms with Gasteiger partial charge in [-0.05, 0) is 61.8 Å². The van der Waals surface area contributed by atoms with E-state index in [0.29, 0.717) is 0 Å². The Labute approximate surface area is 232 Å². The largest absolute Gasteiger partial charge is 0.463 e. The van der Waals surface area contributed by atoms with E-state index in [-0.39, 0.29) is 48.7 Å². The third-order valence-corrected chi connectivity index (χ3v) is 10.4. The fourth-order valence-electron chi connectivity index (χ4n) is 9.50.